The van der Waals surface area contributed by atoms with E-state index < -0.39 is 5.92 Å². The largest absolute Gasteiger partial charge is 0.295 e. The number of benzene rings is 1. The Hall–Kier alpha value is -2.91. The quantitative estimate of drug-likeness (QED) is 0.528. The van der Waals surface area contributed by atoms with Crippen LogP contribution in [0.4, 0.5) is 0 Å². The predicted molar refractivity (Wildman–Crippen MR) is 92.3 cm³/mol. The molecule has 0 unspecified atom stereocenters. The first-order valence-corrected chi connectivity index (χ1v) is 8.49. The van der Waals surface area contributed by atoms with E-state index in [0.29, 0.717) is 11.3 Å². The van der Waals surface area contributed by atoms with E-state index in [1.165, 1.54) is 11.8 Å². The minimum absolute atomic E-state index is 0.260. The summed E-state index contributed by atoms with van der Waals surface area (Å²) in [5.74, 6) is -1.17. The summed E-state index contributed by atoms with van der Waals surface area (Å²) in [6.45, 7) is 0. The Kier molecular flexibility index (Phi) is 4.73. The van der Waals surface area contributed by atoms with E-state index in [-0.39, 0.29) is 5.78 Å². The normalized spacial score (nSPS) is 11.7. The third kappa shape index (κ3) is 3.07. The zero-order valence-corrected chi connectivity index (χ0v) is 13.8. The first kappa shape index (κ1) is 16.0. The van der Waals surface area contributed by atoms with Crippen molar-refractivity contribution < 1.29 is 4.79 Å². The van der Waals surface area contributed by atoms with Gasteiger partial charge in [-0.2, -0.15) is 5.26 Å². The molecule has 5 nitrogen and oxygen atoms in total. The summed E-state index contributed by atoms with van der Waals surface area (Å²) < 4.78 is 1.91. The smallest absolute Gasteiger partial charge is 0.186 e. The van der Waals surface area contributed by atoms with Crippen LogP contribution in [-0.4, -0.2) is 26.6 Å². The molecule has 118 valence electrons. The number of aromatic nitrogens is 3. The molecular formula is C18H14N4OS. The first-order chi connectivity index (χ1) is 11.7. The fraction of sp³-hybridized carbons (Fsp3) is 0.111. The third-order valence-corrected chi connectivity index (χ3v) is 4.24. The fourth-order valence-electron chi connectivity index (χ4n) is 2.42. The number of hydrogen-bond donors (Lipinski definition) is 0. The second-order valence-corrected chi connectivity index (χ2v) is 5.79. The van der Waals surface area contributed by atoms with Gasteiger partial charge in [0.2, 0.25) is 0 Å². The van der Waals surface area contributed by atoms with Crippen LogP contribution in [0.2, 0.25) is 0 Å². The standard InChI is InChI=1S/C18H14N4OS/c1-24-18-21-9-10-22(18)14-6-4-5-13(11-14)17(23)15(12-19)16-7-2-3-8-20-16/h2-11,15H,1H3/t15-/m1/s1. The molecule has 3 aromatic rings. The maximum Gasteiger partial charge on any atom is 0.186 e. The van der Waals surface area contributed by atoms with Gasteiger partial charge in [0.25, 0.3) is 0 Å². The molecule has 0 amide bonds. The number of nitrogens with zero attached hydrogens (tertiary/aromatic N) is 4. The second-order valence-electron chi connectivity index (χ2n) is 5.02. The Morgan fingerprint density at radius 3 is 2.79 bits per heavy atom. The average Bonchev–Trinajstić information content (AvgIpc) is 3.12. The molecule has 0 N–H and O–H groups in total. The van der Waals surface area contributed by atoms with E-state index in [9.17, 15) is 10.1 Å². The van der Waals surface area contributed by atoms with E-state index in [1.54, 1.807) is 48.8 Å². The monoisotopic (exact) mass is 334 g/mol. The Morgan fingerprint density at radius 1 is 1.21 bits per heavy atom. The second kappa shape index (κ2) is 7.11. The van der Waals surface area contributed by atoms with E-state index in [2.05, 4.69) is 16.0 Å². The van der Waals surface area contributed by atoms with Crippen molar-refractivity contribution in [2.45, 2.75) is 11.1 Å². The van der Waals surface area contributed by atoms with Crippen LogP contribution in [-0.2, 0) is 0 Å². The lowest BCUT2D eigenvalue weighted by Crippen LogP contribution is -2.13. The Bertz CT molecular complexity index is 899. The van der Waals surface area contributed by atoms with Crippen molar-refractivity contribution in [2.75, 3.05) is 6.26 Å². The summed E-state index contributed by atoms with van der Waals surface area (Å²) in [6, 6.07) is 14.5. The fourth-order valence-corrected chi connectivity index (χ4v) is 2.95. The maximum absolute atomic E-state index is 12.8. The molecule has 24 heavy (non-hydrogen) atoms. The number of rotatable bonds is 5. The van der Waals surface area contributed by atoms with Gasteiger partial charge in [-0.3, -0.25) is 14.3 Å². The van der Waals surface area contributed by atoms with E-state index in [4.69, 9.17) is 0 Å². The van der Waals surface area contributed by atoms with Gasteiger partial charge < -0.3 is 0 Å². The van der Waals surface area contributed by atoms with E-state index >= 15 is 0 Å². The molecule has 0 aliphatic rings. The summed E-state index contributed by atoms with van der Waals surface area (Å²) in [5, 5.41) is 10.3. The lowest BCUT2D eigenvalue weighted by atomic mass is 9.95. The molecule has 0 saturated heterocycles. The molecule has 0 aliphatic heterocycles. The molecule has 1 atom stereocenters. The van der Waals surface area contributed by atoms with Crippen LogP contribution >= 0.6 is 11.8 Å². The van der Waals surface area contributed by atoms with Crippen LogP contribution in [0.1, 0.15) is 22.0 Å². The van der Waals surface area contributed by atoms with Crippen molar-refractivity contribution in [3.63, 3.8) is 0 Å². The number of Topliss-reactive ketones (excluding diaryl/α,β-unsaturated/α-hetero) is 1. The third-order valence-electron chi connectivity index (χ3n) is 3.57. The van der Waals surface area contributed by atoms with Crippen LogP contribution < -0.4 is 0 Å². The van der Waals surface area contributed by atoms with Crippen molar-refractivity contribution >= 4 is 17.5 Å². The van der Waals surface area contributed by atoms with Crippen molar-refractivity contribution in [3.05, 3.63) is 72.3 Å². The van der Waals surface area contributed by atoms with E-state index in [0.717, 1.165) is 10.8 Å². The summed E-state index contributed by atoms with van der Waals surface area (Å²) in [5.41, 5.74) is 1.77. The van der Waals surface area contributed by atoms with Gasteiger partial charge in [-0.05, 0) is 30.5 Å². The molecule has 0 fully saturated rings. The first-order valence-electron chi connectivity index (χ1n) is 7.27. The molecule has 2 heterocycles. The highest BCUT2D eigenvalue weighted by molar-refractivity contribution is 7.98. The van der Waals surface area contributed by atoms with Crippen LogP contribution in [0, 0.1) is 11.3 Å². The lowest BCUT2D eigenvalue weighted by molar-refractivity contribution is 0.0977. The van der Waals surface area contributed by atoms with E-state index in [1.807, 2.05) is 23.1 Å². The van der Waals surface area contributed by atoms with Crippen LogP contribution in [0.5, 0.6) is 0 Å². The highest BCUT2D eigenvalue weighted by Gasteiger charge is 2.23. The summed E-state index contributed by atoms with van der Waals surface area (Å²) in [4.78, 5) is 21.2. The summed E-state index contributed by atoms with van der Waals surface area (Å²) in [6.07, 6.45) is 7.09. The molecule has 0 spiro atoms. The molecule has 2 aromatic heterocycles. The number of imidazole rings is 1. The molecule has 1 aromatic carbocycles. The maximum atomic E-state index is 12.8. The van der Waals surface area contributed by atoms with Gasteiger partial charge >= 0.3 is 0 Å². The van der Waals surface area contributed by atoms with Crippen LogP contribution in [0.3, 0.4) is 0 Å². The number of pyridine rings is 1. The SMILES string of the molecule is CSc1nccn1-c1cccc(C(=O)[C@H](C#N)c2ccccn2)c1. The molecule has 0 aliphatic carbocycles. The molecule has 3 rings (SSSR count). The Balaban J connectivity index is 1.97. The minimum atomic E-state index is -0.913. The molecule has 0 radical (unpaired) electrons. The van der Waals surface area contributed by atoms with Crippen molar-refractivity contribution in [3.8, 4) is 11.8 Å². The topological polar surface area (TPSA) is 71.6 Å². The molecule has 6 heteroatoms. The van der Waals surface area contributed by atoms with Gasteiger partial charge in [0.15, 0.2) is 16.9 Å². The zero-order valence-electron chi connectivity index (χ0n) is 13.0. The average molecular weight is 334 g/mol. The molecule has 0 saturated carbocycles. The molecule has 0 bridgehead atoms. The van der Waals surface area contributed by atoms with Gasteiger partial charge in [0.1, 0.15) is 0 Å². The predicted octanol–water partition coefficient (Wildman–Crippen LogP) is 3.48. The van der Waals surface area contributed by atoms with Crippen molar-refractivity contribution in [1.29, 1.82) is 5.26 Å². The zero-order chi connectivity index (χ0) is 16.9. The van der Waals surface area contributed by atoms with Crippen molar-refractivity contribution in [1.82, 2.24) is 14.5 Å². The number of carbonyl (C=O) groups is 1. The van der Waals surface area contributed by atoms with Gasteiger partial charge in [-0.25, -0.2) is 4.98 Å². The summed E-state index contributed by atoms with van der Waals surface area (Å²) in [7, 11) is 0. The Labute approximate surface area is 144 Å². The Morgan fingerprint density at radius 2 is 2.08 bits per heavy atom. The number of hydrogen-bond acceptors (Lipinski definition) is 5. The number of nitriles is 1. The van der Waals surface area contributed by atoms with Gasteiger partial charge in [0, 0.05) is 29.8 Å². The minimum Gasteiger partial charge on any atom is -0.295 e. The van der Waals surface area contributed by atoms with Crippen LogP contribution in [0.25, 0.3) is 5.69 Å². The number of carbonyl (C=O) groups excluding carboxylic acids is 1. The van der Waals surface area contributed by atoms with Gasteiger partial charge in [-0.1, -0.05) is 30.0 Å². The van der Waals surface area contributed by atoms with Gasteiger partial charge in [0.05, 0.1) is 11.8 Å². The van der Waals surface area contributed by atoms with Crippen LogP contribution in [0.15, 0.2) is 66.2 Å². The number of thioether (sulfide) groups is 1. The lowest BCUT2D eigenvalue weighted by Gasteiger charge is -2.10. The highest BCUT2D eigenvalue weighted by Crippen LogP contribution is 2.22. The number of ketones is 1. The highest BCUT2D eigenvalue weighted by atomic mass is 32.2. The molecular weight excluding hydrogens is 320 g/mol. The van der Waals surface area contributed by atoms with Gasteiger partial charge in [-0.15, -0.1) is 0 Å². The summed E-state index contributed by atoms with van der Waals surface area (Å²) >= 11 is 1.52. The van der Waals surface area contributed by atoms with Crippen molar-refractivity contribution in [2.24, 2.45) is 0 Å².